The predicted molar refractivity (Wildman–Crippen MR) is 84.5 cm³/mol. The molecule has 0 atom stereocenters. The number of ketones is 1. The first kappa shape index (κ1) is 16.9. The molecule has 1 aliphatic carbocycles. The summed E-state index contributed by atoms with van der Waals surface area (Å²) in [6, 6.07) is 4.39. The van der Waals surface area contributed by atoms with Crippen LogP contribution >= 0.6 is 0 Å². The van der Waals surface area contributed by atoms with Crippen LogP contribution in [0.25, 0.3) is 0 Å². The van der Waals surface area contributed by atoms with Crippen molar-refractivity contribution in [2.75, 3.05) is 11.9 Å². The Kier molecular flexibility index (Phi) is 4.68. The number of carbonyl (C=O) groups excluding carboxylic acids is 2. The van der Waals surface area contributed by atoms with Gasteiger partial charge in [0.1, 0.15) is 5.69 Å². The number of nitro benzene ring substituents is 1. The largest absolute Gasteiger partial charge is 0.454 e. The van der Waals surface area contributed by atoms with Crippen molar-refractivity contribution in [3.8, 4) is 0 Å². The maximum atomic E-state index is 12.0. The van der Waals surface area contributed by atoms with E-state index in [4.69, 9.17) is 4.74 Å². The molecule has 0 saturated heterocycles. The lowest BCUT2D eigenvalue weighted by molar-refractivity contribution is -0.384. The van der Waals surface area contributed by atoms with E-state index in [0.717, 1.165) is 12.8 Å². The van der Waals surface area contributed by atoms with Crippen molar-refractivity contribution in [1.82, 2.24) is 0 Å². The van der Waals surface area contributed by atoms with E-state index in [1.807, 2.05) is 0 Å². The highest BCUT2D eigenvalue weighted by Crippen LogP contribution is 2.31. The Labute approximate surface area is 134 Å². The summed E-state index contributed by atoms with van der Waals surface area (Å²) in [5, 5.41) is 14.2. The number of Topliss-reactive ketones (excluding diaryl/α,β-unsaturated/α-hetero) is 1. The van der Waals surface area contributed by atoms with E-state index in [-0.39, 0.29) is 29.7 Å². The zero-order valence-corrected chi connectivity index (χ0v) is 13.4. The maximum absolute atomic E-state index is 12.0. The van der Waals surface area contributed by atoms with E-state index < -0.39 is 16.3 Å². The summed E-state index contributed by atoms with van der Waals surface area (Å²) in [6.45, 7) is 4.84. The van der Waals surface area contributed by atoms with E-state index in [9.17, 15) is 19.7 Å². The van der Waals surface area contributed by atoms with Gasteiger partial charge in [-0.05, 0) is 25.0 Å². The molecule has 1 aliphatic rings. The summed E-state index contributed by atoms with van der Waals surface area (Å²) in [4.78, 5) is 34.4. The van der Waals surface area contributed by atoms with Gasteiger partial charge in [-0.1, -0.05) is 20.8 Å². The van der Waals surface area contributed by atoms with Gasteiger partial charge in [0.25, 0.3) is 5.69 Å². The number of rotatable bonds is 6. The van der Waals surface area contributed by atoms with Crippen molar-refractivity contribution in [3.63, 3.8) is 0 Å². The second-order valence-electron chi connectivity index (χ2n) is 6.66. The SMILES string of the molecule is CC(C)(C)C(=O)COC(=O)c1ccc(NC2CC2)c([N+](=O)[O-])c1. The van der Waals surface area contributed by atoms with Crippen LogP contribution in [0.5, 0.6) is 0 Å². The number of ether oxygens (including phenoxy) is 1. The monoisotopic (exact) mass is 320 g/mol. The third kappa shape index (κ3) is 4.51. The number of nitrogens with one attached hydrogen (secondary N) is 1. The molecular formula is C16H20N2O5. The minimum Gasteiger partial charge on any atom is -0.454 e. The first-order valence-electron chi connectivity index (χ1n) is 7.44. The fourth-order valence-corrected chi connectivity index (χ4v) is 1.81. The summed E-state index contributed by atoms with van der Waals surface area (Å²) in [7, 11) is 0. The third-order valence-corrected chi connectivity index (χ3v) is 3.54. The molecule has 1 fully saturated rings. The molecule has 2 rings (SSSR count). The summed E-state index contributed by atoms with van der Waals surface area (Å²) in [5.41, 5.74) is -0.335. The lowest BCUT2D eigenvalue weighted by atomic mass is 9.91. The average molecular weight is 320 g/mol. The number of nitro groups is 1. The highest BCUT2D eigenvalue weighted by atomic mass is 16.6. The van der Waals surface area contributed by atoms with Gasteiger partial charge in [0, 0.05) is 17.5 Å². The van der Waals surface area contributed by atoms with Crippen LogP contribution in [0.3, 0.4) is 0 Å². The van der Waals surface area contributed by atoms with Crippen LogP contribution in [0, 0.1) is 15.5 Å². The van der Waals surface area contributed by atoms with Crippen molar-refractivity contribution < 1.29 is 19.2 Å². The van der Waals surface area contributed by atoms with Gasteiger partial charge in [-0.2, -0.15) is 0 Å². The van der Waals surface area contributed by atoms with Crippen molar-refractivity contribution in [2.24, 2.45) is 5.41 Å². The Balaban J connectivity index is 2.09. The summed E-state index contributed by atoms with van der Waals surface area (Å²) in [5.74, 6) is -0.962. The molecule has 0 heterocycles. The zero-order valence-electron chi connectivity index (χ0n) is 13.4. The van der Waals surface area contributed by atoms with Crippen LogP contribution in [0.2, 0.25) is 0 Å². The molecule has 0 aliphatic heterocycles. The average Bonchev–Trinajstić information content (AvgIpc) is 3.27. The molecule has 0 spiro atoms. The van der Waals surface area contributed by atoms with Crippen molar-refractivity contribution in [2.45, 2.75) is 39.7 Å². The number of hydrogen-bond donors (Lipinski definition) is 1. The van der Waals surface area contributed by atoms with Gasteiger partial charge >= 0.3 is 5.97 Å². The molecule has 0 amide bonds. The van der Waals surface area contributed by atoms with Gasteiger partial charge in [-0.25, -0.2) is 4.79 Å². The van der Waals surface area contributed by atoms with Crippen LogP contribution in [0.1, 0.15) is 44.0 Å². The summed E-state index contributed by atoms with van der Waals surface area (Å²) < 4.78 is 4.95. The minimum absolute atomic E-state index is 0.0553. The van der Waals surface area contributed by atoms with Gasteiger partial charge in [0.15, 0.2) is 12.4 Å². The van der Waals surface area contributed by atoms with Crippen LogP contribution in [0.4, 0.5) is 11.4 Å². The molecule has 0 radical (unpaired) electrons. The highest BCUT2D eigenvalue weighted by molar-refractivity contribution is 5.94. The quantitative estimate of drug-likeness (QED) is 0.491. The molecule has 1 aromatic carbocycles. The van der Waals surface area contributed by atoms with Gasteiger partial charge in [0.05, 0.1) is 10.5 Å². The summed E-state index contributed by atoms with van der Waals surface area (Å²) in [6.07, 6.45) is 1.96. The molecule has 0 aromatic heterocycles. The normalized spacial score (nSPS) is 14.2. The number of anilines is 1. The zero-order chi connectivity index (χ0) is 17.2. The third-order valence-electron chi connectivity index (χ3n) is 3.54. The Bertz CT molecular complexity index is 644. The molecule has 7 heteroatoms. The van der Waals surface area contributed by atoms with Gasteiger partial charge in [0.2, 0.25) is 0 Å². The molecular weight excluding hydrogens is 300 g/mol. The van der Waals surface area contributed by atoms with Crippen molar-refractivity contribution >= 4 is 23.1 Å². The Hall–Kier alpha value is -2.44. The van der Waals surface area contributed by atoms with Crippen LogP contribution in [-0.4, -0.2) is 29.3 Å². The number of esters is 1. The second-order valence-corrected chi connectivity index (χ2v) is 6.66. The van der Waals surface area contributed by atoms with Crippen molar-refractivity contribution in [3.05, 3.63) is 33.9 Å². The second kappa shape index (κ2) is 6.36. The van der Waals surface area contributed by atoms with Crippen LogP contribution in [0.15, 0.2) is 18.2 Å². The maximum Gasteiger partial charge on any atom is 0.338 e. The van der Waals surface area contributed by atoms with Crippen LogP contribution < -0.4 is 5.32 Å². The minimum atomic E-state index is -0.747. The molecule has 0 bridgehead atoms. The summed E-state index contributed by atoms with van der Waals surface area (Å²) >= 11 is 0. The first-order valence-corrected chi connectivity index (χ1v) is 7.44. The smallest absolute Gasteiger partial charge is 0.338 e. The van der Waals surface area contributed by atoms with E-state index in [2.05, 4.69) is 5.32 Å². The topological polar surface area (TPSA) is 98.5 Å². The molecule has 23 heavy (non-hydrogen) atoms. The fourth-order valence-electron chi connectivity index (χ4n) is 1.81. The number of nitrogens with zero attached hydrogens (tertiary/aromatic N) is 1. The van der Waals surface area contributed by atoms with E-state index >= 15 is 0 Å². The Morgan fingerprint density at radius 3 is 2.52 bits per heavy atom. The van der Waals surface area contributed by atoms with Gasteiger partial charge in [-0.3, -0.25) is 14.9 Å². The lowest BCUT2D eigenvalue weighted by Gasteiger charge is -2.16. The molecule has 7 nitrogen and oxygen atoms in total. The number of carbonyl (C=O) groups is 2. The Morgan fingerprint density at radius 1 is 1.35 bits per heavy atom. The molecule has 124 valence electrons. The van der Waals surface area contributed by atoms with E-state index in [1.54, 1.807) is 20.8 Å². The number of hydrogen-bond acceptors (Lipinski definition) is 6. The molecule has 1 aromatic rings. The van der Waals surface area contributed by atoms with E-state index in [1.165, 1.54) is 18.2 Å². The molecule has 1 saturated carbocycles. The van der Waals surface area contributed by atoms with Crippen LogP contribution in [-0.2, 0) is 9.53 Å². The standard InChI is InChI=1S/C16H20N2O5/c1-16(2,3)14(19)9-23-15(20)10-4-7-12(17-11-5-6-11)13(8-10)18(21)22/h4,7-8,11,17H,5-6,9H2,1-3H3. The van der Waals surface area contributed by atoms with Gasteiger partial charge < -0.3 is 10.1 Å². The molecule has 0 unspecified atom stereocenters. The number of benzene rings is 1. The molecule has 1 N–H and O–H groups in total. The Morgan fingerprint density at radius 2 is 2.00 bits per heavy atom. The van der Waals surface area contributed by atoms with Crippen molar-refractivity contribution in [1.29, 1.82) is 0 Å². The fraction of sp³-hybridized carbons (Fsp3) is 0.500. The highest BCUT2D eigenvalue weighted by Gasteiger charge is 2.26. The predicted octanol–water partition coefficient (Wildman–Crippen LogP) is 2.94. The lowest BCUT2D eigenvalue weighted by Crippen LogP contribution is -2.26. The first-order chi connectivity index (χ1) is 10.7. The van der Waals surface area contributed by atoms with Gasteiger partial charge in [-0.15, -0.1) is 0 Å². The van der Waals surface area contributed by atoms with E-state index in [0.29, 0.717) is 5.69 Å².